The first kappa shape index (κ1) is 27.2. The lowest BCUT2D eigenvalue weighted by molar-refractivity contribution is 0.422. The molecule has 0 aromatic carbocycles. The van der Waals surface area contributed by atoms with Crippen molar-refractivity contribution in [3.05, 3.63) is 18.2 Å². The second kappa shape index (κ2) is 18.9. The van der Waals surface area contributed by atoms with Crippen LogP contribution in [0.3, 0.4) is 0 Å². The molecule has 0 aliphatic rings. The minimum Gasteiger partial charge on any atom is -0.332 e. The summed E-state index contributed by atoms with van der Waals surface area (Å²) in [6.07, 6.45) is 30.6. The fourth-order valence-corrected chi connectivity index (χ4v) is 4.83. The topological polar surface area (TPSA) is 17.8 Å². The standard InChI is InChI=1S/C28H54N2/c1-5-8-10-11-12-13-14-15-16-17-18-20-23-27(21-7-3)28-29-24-25-30(28)26(4)22-19-9-6-2/h24-27H,5-23H2,1-4H3. The van der Waals surface area contributed by atoms with Crippen molar-refractivity contribution in [3.63, 3.8) is 0 Å². The summed E-state index contributed by atoms with van der Waals surface area (Å²) in [6, 6.07) is 0.593. The van der Waals surface area contributed by atoms with Crippen molar-refractivity contribution < 1.29 is 0 Å². The van der Waals surface area contributed by atoms with Crippen molar-refractivity contribution >= 4 is 0 Å². The number of imidazole rings is 1. The number of unbranched alkanes of at least 4 members (excludes halogenated alkanes) is 13. The van der Waals surface area contributed by atoms with Crippen molar-refractivity contribution in [3.8, 4) is 0 Å². The Morgan fingerprint density at radius 2 is 1.13 bits per heavy atom. The molecule has 0 saturated heterocycles. The van der Waals surface area contributed by atoms with Crippen molar-refractivity contribution in [1.82, 2.24) is 9.55 Å². The summed E-state index contributed by atoms with van der Waals surface area (Å²) in [4.78, 5) is 4.82. The fraction of sp³-hybridized carbons (Fsp3) is 0.893. The molecular weight excluding hydrogens is 364 g/mol. The molecule has 0 spiro atoms. The van der Waals surface area contributed by atoms with E-state index < -0.39 is 0 Å². The Morgan fingerprint density at radius 3 is 1.70 bits per heavy atom. The molecule has 0 saturated carbocycles. The molecule has 1 aromatic heterocycles. The van der Waals surface area contributed by atoms with E-state index in [1.54, 1.807) is 0 Å². The Labute approximate surface area is 189 Å². The smallest absolute Gasteiger partial charge is 0.111 e. The third-order valence-electron chi connectivity index (χ3n) is 6.81. The van der Waals surface area contributed by atoms with Gasteiger partial charge < -0.3 is 4.57 Å². The number of hydrogen-bond donors (Lipinski definition) is 0. The van der Waals surface area contributed by atoms with Gasteiger partial charge in [0.2, 0.25) is 0 Å². The summed E-state index contributed by atoms with van der Waals surface area (Å²) in [5.74, 6) is 2.02. The number of rotatable bonds is 21. The van der Waals surface area contributed by atoms with Crippen LogP contribution in [-0.2, 0) is 0 Å². The summed E-state index contributed by atoms with van der Waals surface area (Å²) in [5, 5.41) is 0. The van der Waals surface area contributed by atoms with Crippen LogP contribution in [0.15, 0.2) is 12.4 Å². The van der Waals surface area contributed by atoms with E-state index in [4.69, 9.17) is 4.98 Å². The highest BCUT2D eigenvalue weighted by Gasteiger charge is 2.18. The van der Waals surface area contributed by atoms with Crippen LogP contribution in [0.4, 0.5) is 0 Å². The molecular formula is C28H54N2. The maximum Gasteiger partial charge on any atom is 0.111 e. The molecule has 0 amide bonds. The zero-order valence-corrected chi connectivity index (χ0v) is 21.1. The molecule has 0 N–H and O–H groups in total. The first-order chi connectivity index (χ1) is 14.7. The average molecular weight is 419 g/mol. The minimum atomic E-state index is 0.593. The minimum absolute atomic E-state index is 0.593. The average Bonchev–Trinajstić information content (AvgIpc) is 3.23. The number of aromatic nitrogens is 2. The summed E-state index contributed by atoms with van der Waals surface area (Å²) >= 11 is 0. The molecule has 1 aromatic rings. The van der Waals surface area contributed by atoms with E-state index in [2.05, 4.69) is 38.5 Å². The van der Waals surface area contributed by atoms with Crippen molar-refractivity contribution in [2.45, 2.75) is 162 Å². The van der Waals surface area contributed by atoms with Gasteiger partial charge in [-0.1, -0.05) is 124 Å². The van der Waals surface area contributed by atoms with Gasteiger partial charge in [0.15, 0.2) is 0 Å². The Bertz CT molecular complexity index is 479. The summed E-state index contributed by atoms with van der Waals surface area (Å²) in [5.41, 5.74) is 0. The predicted octanol–water partition coefficient (Wildman–Crippen LogP) is 10.00. The molecule has 1 heterocycles. The molecule has 2 atom stereocenters. The highest BCUT2D eigenvalue weighted by Crippen LogP contribution is 2.29. The van der Waals surface area contributed by atoms with Gasteiger partial charge >= 0.3 is 0 Å². The molecule has 176 valence electrons. The second-order valence-corrected chi connectivity index (χ2v) is 9.70. The highest BCUT2D eigenvalue weighted by molar-refractivity contribution is 5.02. The van der Waals surface area contributed by atoms with Crippen molar-refractivity contribution in [2.75, 3.05) is 0 Å². The van der Waals surface area contributed by atoms with Gasteiger partial charge in [-0.05, 0) is 26.2 Å². The molecule has 0 aliphatic heterocycles. The summed E-state index contributed by atoms with van der Waals surface area (Å²) in [7, 11) is 0. The quantitative estimate of drug-likeness (QED) is 0.182. The lowest BCUT2D eigenvalue weighted by atomic mass is 9.94. The van der Waals surface area contributed by atoms with Crippen LogP contribution in [0.5, 0.6) is 0 Å². The third kappa shape index (κ3) is 12.2. The molecule has 0 radical (unpaired) electrons. The van der Waals surface area contributed by atoms with Gasteiger partial charge in [-0.15, -0.1) is 0 Å². The van der Waals surface area contributed by atoms with Crippen molar-refractivity contribution in [2.24, 2.45) is 0 Å². The van der Waals surface area contributed by atoms with E-state index in [1.165, 1.54) is 128 Å². The Balaban J connectivity index is 2.23. The van der Waals surface area contributed by atoms with E-state index in [9.17, 15) is 0 Å². The normalized spacial score (nSPS) is 13.6. The first-order valence-electron chi connectivity index (χ1n) is 13.8. The van der Waals surface area contributed by atoms with Crippen LogP contribution in [0, 0.1) is 0 Å². The summed E-state index contributed by atoms with van der Waals surface area (Å²) in [6.45, 7) is 9.30. The maximum atomic E-state index is 4.82. The van der Waals surface area contributed by atoms with Crippen LogP contribution in [-0.4, -0.2) is 9.55 Å². The highest BCUT2D eigenvalue weighted by atomic mass is 15.1. The molecule has 0 aliphatic carbocycles. The van der Waals surface area contributed by atoms with Crippen LogP contribution >= 0.6 is 0 Å². The number of hydrogen-bond acceptors (Lipinski definition) is 1. The van der Waals surface area contributed by atoms with E-state index >= 15 is 0 Å². The largest absolute Gasteiger partial charge is 0.332 e. The van der Waals surface area contributed by atoms with Gasteiger partial charge in [0.05, 0.1) is 0 Å². The third-order valence-corrected chi connectivity index (χ3v) is 6.81. The zero-order chi connectivity index (χ0) is 21.9. The van der Waals surface area contributed by atoms with E-state index in [-0.39, 0.29) is 0 Å². The van der Waals surface area contributed by atoms with Crippen LogP contribution < -0.4 is 0 Å². The van der Waals surface area contributed by atoms with Crippen LogP contribution in [0.2, 0.25) is 0 Å². The zero-order valence-electron chi connectivity index (χ0n) is 21.1. The molecule has 2 unspecified atom stereocenters. The van der Waals surface area contributed by atoms with E-state index in [1.807, 2.05) is 6.20 Å². The summed E-state index contributed by atoms with van der Waals surface area (Å²) < 4.78 is 2.50. The molecule has 0 fully saturated rings. The monoisotopic (exact) mass is 418 g/mol. The molecule has 30 heavy (non-hydrogen) atoms. The lowest BCUT2D eigenvalue weighted by Gasteiger charge is -2.22. The fourth-order valence-electron chi connectivity index (χ4n) is 4.83. The molecule has 2 nitrogen and oxygen atoms in total. The van der Waals surface area contributed by atoms with Crippen molar-refractivity contribution in [1.29, 1.82) is 0 Å². The Hall–Kier alpha value is -0.790. The first-order valence-corrected chi connectivity index (χ1v) is 13.8. The maximum absolute atomic E-state index is 4.82. The molecule has 0 bridgehead atoms. The van der Waals surface area contributed by atoms with Gasteiger partial charge in [0.25, 0.3) is 0 Å². The van der Waals surface area contributed by atoms with E-state index in [0.717, 1.165) is 0 Å². The van der Waals surface area contributed by atoms with Gasteiger partial charge in [-0.3, -0.25) is 0 Å². The Morgan fingerprint density at radius 1 is 0.633 bits per heavy atom. The number of nitrogens with zero attached hydrogens (tertiary/aromatic N) is 2. The van der Waals surface area contributed by atoms with Gasteiger partial charge in [0, 0.05) is 24.4 Å². The van der Waals surface area contributed by atoms with Gasteiger partial charge in [0.1, 0.15) is 5.82 Å². The van der Waals surface area contributed by atoms with Gasteiger partial charge in [-0.25, -0.2) is 4.98 Å². The predicted molar refractivity (Wildman–Crippen MR) is 134 cm³/mol. The molecule has 1 rings (SSSR count). The second-order valence-electron chi connectivity index (χ2n) is 9.70. The molecule has 2 heteroatoms. The Kier molecular flexibility index (Phi) is 17.2. The van der Waals surface area contributed by atoms with Crippen LogP contribution in [0.25, 0.3) is 0 Å². The van der Waals surface area contributed by atoms with Crippen LogP contribution in [0.1, 0.15) is 167 Å². The SMILES string of the molecule is CCCCCCCCCCCCCCC(CCC)c1nccn1C(C)CCCCC. The van der Waals surface area contributed by atoms with E-state index in [0.29, 0.717) is 12.0 Å². The lowest BCUT2D eigenvalue weighted by Crippen LogP contribution is -2.13. The van der Waals surface area contributed by atoms with Gasteiger partial charge in [-0.2, -0.15) is 0 Å².